The fourth-order valence-electron chi connectivity index (χ4n) is 3.77. The van der Waals surface area contributed by atoms with Gasteiger partial charge < -0.3 is 4.57 Å². The van der Waals surface area contributed by atoms with Crippen LogP contribution in [-0.2, 0) is 12.5 Å². The molecule has 0 N–H and O–H groups in total. The topological polar surface area (TPSA) is 4.93 Å². The Kier molecular flexibility index (Phi) is 5.52. The van der Waals surface area contributed by atoms with Crippen LogP contribution >= 0.6 is 0 Å². The fraction of sp³-hybridized carbons (Fsp3) is 0.360. The molecule has 0 spiro atoms. The largest absolute Gasteiger partial charge is 0.343 e. The molecule has 0 aliphatic carbocycles. The SMILES string of the molecule is CCCCCC#CC(C)(C)c1c(-c2ccccc2)n(C)c2ccccc12. The summed E-state index contributed by atoms with van der Waals surface area (Å²) in [5.74, 6) is 7.04. The average molecular weight is 344 g/mol. The average Bonchev–Trinajstić information content (AvgIpc) is 2.96. The molecule has 0 radical (unpaired) electrons. The van der Waals surface area contributed by atoms with Gasteiger partial charge in [0.05, 0.1) is 11.1 Å². The van der Waals surface area contributed by atoms with E-state index in [0.717, 1.165) is 6.42 Å². The van der Waals surface area contributed by atoms with Crippen LogP contribution in [-0.4, -0.2) is 4.57 Å². The Labute approximate surface area is 158 Å². The zero-order valence-electron chi connectivity index (χ0n) is 16.5. The minimum atomic E-state index is -0.196. The van der Waals surface area contributed by atoms with Crippen molar-refractivity contribution in [3.8, 4) is 23.1 Å². The molecule has 0 amide bonds. The number of hydrogen-bond donors (Lipinski definition) is 0. The summed E-state index contributed by atoms with van der Waals surface area (Å²) in [5.41, 5.74) is 4.94. The van der Waals surface area contributed by atoms with Crippen molar-refractivity contribution in [1.82, 2.24) is 4.57 Å². The van der Waals surface area contributed by atoms with E-state index in [2.05, 4.69) is 98.8 Å². The van der Waals surface area contributed by atoms with Gasteiger partial charge in [-0.3, -0.25) is 0 Å². The first kappa shape index (κ1) is 18.3. The van der Waals surface area contributed by atoms with Crippen molar-refractivity contribution in [2.24, 2.45) is 7.05 Å². The van der Waals surface area contributed by atoms with Gasteiger partial charge in [0.1, 0.15) is 0 Å². The summed E-state index contributed by atoms with van der Waals surface area (Å²) in [6, 6.07) is 19.4. The van der Waals surface area contributed by atoms with Gasteiger partial charge in [-0.2, -0.15) is 0 Å². The zero-order valence-corrected chi connectivity index (χ0v) is 16.5. The molecule has 26 heavy (non-hydrogen) atoms. The van der Waals surface area contributed by atoms with E-state index in [1.807, 2.05) is 0 Å². The number of rotatable bonds is 5. The Morgan fingerprint density at radius 2 is 1.62 bits per heavy atom. The van der Waals surface area contributed by atoms with Gasteiger partial charge in [-0.1, -0.05) is 74.2 Å². The number of unbranched alkanes of at least 4 members (excludes halogenated alkanes) is 3. The Bertz CT molecular complexity index is 933. The molecule has 0 atom stereocenters. The summed E-state index contributed by atoms with van der Waals surface area (Å²) in [7, 11) is 2.17. The number of fused-ring (bicyclic) bond motifs is 1. The van der Waals surface area contributed by atoms with E-state index in [4.69, 9.17) is 0 Å². The maximum atomic E-state index is 3.59. The van der Waals surface area contributed by atoms with Gasteiger partial charge in [0, 0.05) is 29.9 Å². The Hall–Kier alpha value is -2.46. The van der Waals surface area contributed by atoms with Gasteiger partial charge in [-0.05, 0) is 31.9 Å². The molecule has 0 aliphatic heterocycles. The monoisotopic (exact) mass is 343 g/mol. The maximum Gasteiger partial charge on any atom is 0.0536 e. The summed E-state index contributed by atoms with van der Waals surface area (Å²) >= 11 is 0. The Balaban J connectivity index is 2.15. The maximum absolute atomic E-state index is 3.59. The molecule has 0 fully saturated rings. The van der Waals surface area contributed by atoms with Gasteiger partial charge in [-0.25, -0.2) is 0 Å². The van der Waals surface area contributed by atoms with Crippen molar-refractivity contribution in [2.45, 2.75) is 51.9 Å². The number of aromatic nitrogens is 1. The second-order valence-electron chi connectivity index (χ2n) is 7.55. The molecule has 3 aromatic rings. The number of nitrogens with zero attached hydrogens (tertiary/aromatic N) is 1. The quantitative estimate of drug-likeness (QED) is 0.358. The van der Waals surface area contributed by atoms with Gasteiger partial charge in [0.15, 0.2) is 0 Å². The third kappa shape index (κ3) is 3.56. The zero-order chi connectivity index (χ0) is 18.6. The minimum absolute atomic E-state index is 0.196. The molecule has 2 aromatic carbocycles. The standard InChI is InChI=1S/C25H29N/c1-5-6-7-8-14-19-25(2,3)23-21-17-12-13-18-22(21)26(4)24(23)20-15-10-9-11-16-20/h9-13,15-18H,5-8H2,1-4H3. The molecule has 0 unspecified atom stereocenters. The van der Waals surface area contributed by atoms with Crippen LogP contribution in [0.4, 0.5) is 0 Å². The molecular formula is C25H29N. The van der Waals surface area contributed by atoms with Crippen molar-refractivity contribution >= 4 is 10.9 Å². The molecule has 1 aromatic heterocycles. The fourth-order valence-corrected chi connectivity index (χ4v) is 3.77. The normalized spacial score (nSPS) is 11.4. The first-order chi connectivity index (χ1) is 12.6. The van der Waals surface area contributed by atoms with Crippen LogP contribution in [0.5, 0.6) is 0 Å². The van der Waals surface area contributed by atoms with E-state index in [-0.39, 0.29) is 5.41 Å². The predicted molar refractivity (Wildman–Crippen MR) is 113 cm³/mol. The molecule has 1 nitrogen and oxygen atoms in total. The predicted octanol–water partition coefficient (Wildman–Crippen LogP) is 6.71. The molecule has 0 saturated carbocycles. The van der Waals surface area contributed by atoms with Crippen molar-refractivity contribution in [1.29, 1.82) is 0 Å². The third-order valence-corrected chi connectivity index (χ3v) is 5.09. The van der Waals surface area contributed by atoms with Crippen LogP contribution in [0.2, 0.25) is 0 Å². The van der Waals surface area contributed by atoms with Crippen LogP contribution in [0.1, 0.15) is 52.0 Å². The highest BCUT2D eigenvalue weighted by molar-refractivity contribution is 5.93. The molecule has 3 rings (SSSR count). The highest BCUT2D eigenvalue weighted by Crippen LogP contribution is 2.40. The highest BCUT2D eigenvalue weighted by Gasteiger charge is 2.28. The van der Waals surface area contributed by atoms with Crippen molar-refractivity contribution < 1.29 is 0 Å². The number of hydrogen-bond acceptors (Lipinski definition) is 0. The summed E-state index contributed by atoms with van der Waals surface area (Å²) in [6.45, 7) is 6.75. The van der Waals surface area contributed by atoms with Gasteiger partial charge in [-0.15, -0.1) is 5.92 Å². The summed E-state index contributed by atoms with van der Waals surface area (Å²) in [4.78, 5) is 0. The number of aryl methyl sites for hydroxylation is 1. The van der Waals surface area contributed by atoms with Gasteiger partial charge >= 0.3 is 0 Å². The lowest BCUT2D eigenvalue weighted by atomic mass is 9.81. The molecule has 0 aliphatic rings. The summed E-state index contributed by atoms with van der Waals surface area (Å²) < 4.78 is 2.32. The summed E-state index contributed by atoms with van der Waals surface area (Å²) in [5, 5.41) is 1.31. The minimum Gasteiger partial charge on any atom is -0.343 e. The second kappa shape index (κ2) is 7.83. The van der Waals surface area contributed by atoms with Crippen LogP contribution < -0.4 is 0 Å². The molecule has 1 heteroatoms. The van der Waals surface area contributed by atoms with Crippen LogP contribution in [0.25, 0.3) is 22.2 Å². The third-order valence-electron chi connectivity index (χ3n) is 5.09. The van der Waals surface area contributed by atoms with Crippen LogP contribution in [0.3, 0.4) is 0 Å². The Morgan fingerprint density at radius 1 is 0.923 bits per heavy atom. The Morgan fingerprint density at radius 3 is 2.35 bits per heavy atom. The van der Waals surface area contributed by atoms with Gasteiger partial charge in [0.25, 0.3) is 0 Å². The van der Waals surface area contributed by atoms with E-state index >= 15 is 0 Å². The molecule has 0 saturated heterocycles. The van der Waals surface area contributed by atoms with E-state index in [1.165, 1.54) is 47.0 Å². The highest BCUT2D eigenvalue weighted by atomic mass is 15.0. The van der Waals surface area contributed by atoms with Crippen molar-refractivity contribution in [2.75, 3.05) is 0 Å². The van der Waals surface area contributed by atoms with E-state index in [0.29, 0.717) is 0 Å². The lowest BCUT2D eigenvalue weighted by Crippen LogP contribution is -2.15. The molecule has 0 bridgehead atoms. The number of para-hydroxylation sites is 1. The van der Waals surface area contributed by atoms with Crippen LogP contribution in [0.15, 0.2) is 54.6 Å². The lowest BCUT2D eigenvalue weighted by molar-refractivity contribution is 0.697. The van der Waals surface area contributed by atoms with E-state index < -0.39 is 0 Å². The second-order valence-corrected chi connectivity index (χ2v) is 7.55. The van der Waals surface area contributed by atoms with Gasteiger partial charge in [0.2, 0.25) is 0 Å². The van der Waals surface area contributed by atoms with E-state index in [1.54, 1.807) is 0 Å². The summed E-state index contributed by atoms with van der Waals surface area (Å²) in [6.07, 6.45) is 4.69. The molecule has 134 valence electrons. The van der Waals surface area contributed by atoms with E-state index in [9.17, 15) is 0 Å². The first-order valence-corrected chi connectivity index (χ1v) is 9.69. The molecule has 1 heterocycles. The van der Waals surface area contributed by atoms with Crippen LogP contribution in [0, 0.1) is 11.8 Å². The molecular weight excluding hydrogens is 314 g/mol. The smallest absolute Gasteiger partial charge is 0.0536 e. The van der Waals surface area contributed by atoms with Crippen molar-refractivity contribution in [3.05, 3.63) is 60.2 Å². The lowest BCUT2D eigenvalue weighted by Gasteiger charge is -2.21. The van der Waals surface area contributed by atoms with Crippen molar-refractivity contribution in [3.63, 3.8) is 0 Å². The number of benzene rings is 2. The first-order valence-electron chi connectivity index (χ1n) is 9.69.